The summed E-state index contributed by atoms with van der Waals surface area (Å²) in [7, 11) is 0. The largest absolute Gasteiger partial charge is 0.349 e. The quantitative estimate of drug-likeness (QED) is 0.894. The van der Waals surface area contributed by atoms with Gasteiger partial charge in [-0.25, -0.2) is 0 Å². The number of nitrogens with one attached hydrogen (secondary N) is 1. The standard InChI is InChI=1S/C21H28N2O2/c24-20(18-10-5-13-23(14-18)21(25)17-11-12-17)22-19(16-8-4-9-16)15-6-2-1-3-7-15/h1-3,6-7,16-19H,4-5,8-14H2,(H,22,24)/t18-,19+/m0/s1. The van der Waals surface area contributed by atoms with Gasteiger partial charge in [-0.2, -0.15) is 0 Å². The van der Waals surface area contributed by atoms with E-state index < -0.39 is 0 Å². The normalized spacial score (nSPS) is 25.1. The van der Waals surface area contributed by atoms with E-state index in [9.17, 15) is 9.59 Å². The lowest BCUT2D eigenvalue weighted by Crippen LogP contribution is -2.47. The van der Waals surface area contributed by atoms with Crippen molar-refractivity contribution in [2.45, 2.75) is 51.0 Å². The highest BCUT2D eigenvalue weighted by Crippen LogP contribution is 2.38. The minimum atomic E-state index is -0.0530. The number of hydrogen-bond acceptors (Lipinski definition) is 2. The molecule has 2 amide bonds. The van der Waals surface area contributed by atoms with Gasteiger partial charge in [-0.15, -0.1) is 0 Å². The van der Waals surface area contributed by atoms with Crippen LogP contribution in [0.25, 0.3) is 0 Å². The van der Waals surface area contributed by atoms with Crippen molar-refractivity contribution >= 4 is 11.8 Å². The average Bonchev–Trinajstić information content (AvgIpc) is 3.45. The van der Waals surface area contributed by atoms with Gasteiger partial charge in [-0.05, 0) is 50.0 Å². The van der Waals surface area contributed by atoms with Crippen molar-refractivity contribution in [3.63, 3.8) is 0 Å². The van der Waals surface area contributed by atoms with Crippen LogP contribution >= 0.6 is 0 Å². The van der Waals surface area contributed by atoms with Gasteiger partial charge >= 0.3 is 0 Å². The molecule has 2 atom stereocenters. The van der Waals surface area contributed by atoms with Crippen LogP contribution in [0.3, 0.4) is 0 Å². The fourth-order valence-corrected chi connectivity index (χ4v) is 4.16. The molecule has 1 aliphatic heterocycles. The lowest BCUT2D eigenvalue weighted by Gasteiger charge is -2.37. The van der Waals surface area contributed by atoms with Gasteiger partial charge in [-0.1, -0.05) is 36.8 Å². The number of rotatable bonds is 5. The topological polar surface area (TPSA) is 49.4 Å². The van der Waals surface area contributed by atoms with E-state index in [1.807, 2.05) is 23.1 Å². The second-order valence-electron chi connectivity index (χ2n) is 7.99. The molecule has 3 fully saturated rings. The fraction of sp³-hybridized carbons (Fsp3) is 0.619. The molecule has 1 saturated heterocycles. The average molecular weight is 340 g/mol. The maximum atomic E-state index is 12.9. The van der Waals surface area contributed by atoms with Gasteiger partial charge in [0.1, 0.15) is 0 Å². The van der Waals surface area contributed by atoms with Gasteiger partial charge in [0.2, 0.25) is 11.8 Å². The monoisotopic (exact) mass is 340 g/mol. The van der Waals surface area contributed by atoms with Crippen LogP contribution in [0.4, 0.5) is 0 Å². The molecule has 0 bridgehead atoms. The number of likely N-dealkylation sites (tertiary alicyclic amines) is 1. The predicted octanol–water partition coefficient (Wildman–Crippen LogP) is 3.29. The lowest BCUT2D eigenvalue weighted by atomic mass is 9.77. The Bertz CT molecular complexity index is 622. The van der Waals surface area contributed by atoms with E-state index >= 15 is 0 Å². The SMILES string of the molecule is O=C(N[C@H](c1ccccc1)C1CCC1)[C@H]1CCCN(C(=O)C2CC2)C1. The number of amides is 2. The van der Waals surface area contributed by atoms with E-state index in [0.29, 0.717) is 12.5 Å². The summed E-state index contributed by atoms with van der Waals surface area (Å²) in [5.74, 6) is 1.15. The Morgan fingerprint density at radius 1 is 0.960 bits per heavy atom. The molecular weight excluding hydrogens is 312 g/mol. The van der Waals surface area contributed by atoms with Gasteiger partial charge in [-0.3, -0.25) is 9.59 Å². The third-order valence-corrected chi connectivity index (χ3v) is 6.11. The van der Waals surface area contributed by atoms with Crippen LogP contribution in [0.15, 0.2) is 30.3 Å². The first-order chi connectivity index (χ1) is 12.2. The molecule has 0 spiro atoms. The Kier molecular flexibility index (Phi) is 4.78. The molecule has 1 aromatic carbocycles. The number of hydrogen-bond donors (Lipinski definition) is 1. The molecule has 3 aliphatic rings. The second-order valence-corrected chi connectivity index (χ2v) is 7.99. The molecule has 4 rings (SSSR count). The second kappa shape index (κ2) is 7.19. The molecule has 134 valence electrons. The minimum Gasteiger partial charge on any atom is -0.349 e. The van der Waals surface area contributed by atoms with Crippen LogP contribution in [-0.4, -0.2) is 29.8 Å². The van der Waals surface area contributed by atoms with E-state index in [1.165, 1.54) is 24.8 Å². The molecule has 25 heavy (non-hydrogen) atoms. The summed E-state index contributed by atoms with van der Waals surface area (Å²) in [6, 6.07) is 10.5. The van der Waals surface area contributed by atoms with Gasteiger partial charge in [0.05, 0.1) is 12.0 Å². The van der Waals surface area contributed by atoms with Crippen molar-refractivity contribution in [1.82, 2.24) is 10.2 Å². The smallest absolute Gasteiger partial charge is 0.225 e. The summed E-state index contributed by atoms with van der Waals surface area (Å²) < 4.78 is 0. The van der Waals surface area contributed by atoms with Crippen molar-refractivity contribution in [2.75, 3.05) is 13.1 Å². The minimum absolute atomic E-state index is 0.0530. The molecule has 1 aromatic rings. The number of carbonyl (C=O) groups excluding carboxylic acids is 2. The van der Waals surface area contributed by atoms with Crippen LogP contribution in [0.5, 0.6) is 0 Å². The number of benzene rings is 1. The summed E-state index contributed by atoms with van der Waals surface area (Å²) in [6.45, 7) is 1.43. The highest BCUT2D eigenvalue weighted by Gasteiger charge is 2.38. The third-order valence-electron chi connectivity index (χ3n) is 6.11. The van der Waals surface area contributed by atoms with Crippen LogP contribution in [0.1, 0.15) is 56.6 Å². The Morgan fingerprint density at radius 3 is 2.36 bits per heavy atom. The molecule has 0 aromatic heterocycles. The summed E-state index contributed by atoms with van der Waals surface area (Å²) in [6.07, 6.45) is 7.54. The van der Waals surface area contributed by atoms with Crippen LogP contribution in [0, 0.1) is 17.8 Å². The molecule has 0 radical (unpaired) electrons. The third kappa shape index (κ3) is 3.73. The fourth-order valence-electron chi connectivity index (χ4n) is 4.16. The lowest BCUT2D eigenvalue weighted by molar-refractivity contribution is -0.137. The highest BCUT2D eigenvalue weighted by molar-refractivity contribution is 5.83. The van der Waals surface area contributed by atoms with E-state index in [0.717, 1.165) is 32.2 Å². The molecule has 1 heterocycles. The van der Waals surface area contributed by atoms with Crippen molar-refractivity contribution < 1.29 is 9.59 Å². The van der Waals surface area contributed by atoms with Gasteiger partial charge in [0, 0.05) is 19.0 Å². The maximum absolute atomic E-state index is 12.9. The zero-order chi connectivity index (χ0) is 17.2. The first-order valence-electron chi connectivity index (χ1n) is 9.86. The molecular formula is C21H28N2O2. The number of piperidine rings is 1. The predicted molar refractivity (Wildman–Crippen MR) is 96.7 cm³/mol. The van der Waals surface area contributed by atoms with Crippen LogP contribution in [0.2, 0.25) is 0 Å². The van der Waals surface area contributed by atoms with Gasteiger partial charge in [0.25, 0.3) is 0 Å². The number of nitrogens with zero attached hydrogens (tertiary/aromatic N) is 1. The molecule has 2 aliphatic carbocycles. The summed E-state index contributed by atoms with van der Waals surface area (Å²) in [5.41, 5.74) is 1.21. The zero-order valence-corrected chi connectivity index (χ0v) is 14.8. The number of carbonyl (C=O) groups is 2. The van der Waals surface area contributed by atoms with Crippen LogP contribution in [-0.2, 0) is 9.59 Å². The van der Waals surface area contributed by atoms with Crippen molar-refractivity contribution in [2.24, 2.45) is 17.8 Å². The molecule has 0 unspecified atom stereocenters. The van der Waals surface area contributed by atoms with E-state index in [1.54, 1.807) is 0 Å². The Balaban J connectivity index is 1.41. The highest BCUT2D eigenvalue weighted by atomic mass is 16.2. The Morgan fingerprint density at radius 2 is 1.72 bits per heavy atom. The maximum Gasteiger partial charge on any atom is 0.225 e. The van der Waals surface area contributed by atoms with E-state index in [4.69, 9.17) is 0 Å². The molecule has 4 nitrogen and oxygen atoms in total. The summed E-state index contributed by atoms with van der Waals surface area (Å²) >= 11 is 0. The van der Waals surface area contributed by atoms with Crippen LogP contribution < -0.4 is 5.32 Å². The zero-order valence-electron chi connectivity index (χ0n) is 14.8. The Labute approximate surface area is 150 Å². The van der Waals surface area contributed by atoms with Gasteiger partial charge < -0.3 is 10.2 Å². The van der Waals surface area contributed by atoms with Crippen molar-refractivity contribution in [1.29, 1.82) is 0 Å². The summed E-state index contributed by atoms with van der Waals surface area (Å²) in [5, 5.41) is 3.33. The van der Waals surface area contributed by atoms with Gasteiger partial charge in [0.15, 0.2) is 0 Å². The van der Waals surface area contributed by atoms with E-state index in [-0.39, 0.29) is 29.7 Å². The molecule has 1 N–H and O–H groups in total. The summed E-state index contributed by atoms with van der Waals surface area (Å²) in [4.78, 5) is 27.2. The first kappa shape index (κ1) is 16.6. The Hall–Kier alpha value is -1.84. The van der Waals surface area contributed by atoms with Crippen molar-refractivity contribution in [3.8, 4) is 0 Å². The first-order valence-corrected chi connectivity index (χ1v) is 9.86. The molecule has 2 saturated carbocycles. The molecule has 4 heteroatoms. The van der Waals surface area contributed by atoms with E-state index in [2.05, 4.69) is 17.4 Å². The van der Waals surface area contributed by atoms with Crippen molar-refractivity contribution in [3.05, 3.63) is 35.9 Å².